The molecule has 206 valence electrons. The Morgan fingerprint density at radius 1 is 0.605 bits per heavy atom. The van der Waals surface area contributed by atoms with E-state index >= 15 is 0 Å². The quantitative estimate of drug-likeness (QED) is 0.203. The van der Waals surface area contributed by atoms with E-state index in [1.807, 2.05) is 6.07 Å². The normalized spacial score (nSPS) is 17.4. The van der Waals surface area contributed by atoms with Crippen LogP contribution >= 0.6 is 0 Å². The van der Waals surface area contributed by atoms with E-state index < -0.39 is 0 Å². The van der Waals surface area contributed by atoms with Gasteiger partial charge in [0, 0.05) is 17.0 Å². The summed E-state index contributed by atoms with van der Waals surface area (Å²) in [5.74, 6) is 1.35. The first-order chi connectivity index (χ1) is 21.2. The monoisotopic (exact) mass is 552 g/mol. The smallest absolute Gasteiger partial charge is 0.160 e. The number of fused-ring (bicyclic) bond motifs is 6. The van der Waals surface area contributed by atoms with Gasteiger partial charge in [-0.3, -0.25) is 0 Å². The van der Waals surface area contributed by atoms with Crippen molar-refractivity contribution in [2.75, 3.05) is 0 Å². The number of hydrogen-bond donors (Lipinski definition) is 0. The average molecular weight is 553 g/mol. The van der Waals surface area contributed by atoms with Crippen LogP contribution in [-0.2, 0) is 6.42 Å². The molecule has 43 heavy (non-hydrogen) atoms. The molecule has 0 spiro atoms. The van der Waals surface area contributed by atoms with Crippen LogP contribution in [0.25, 0.3) is 61.4 Å². The molecule has 5 aromatic carbocycles. The van der Waals surface area contributed by atoms with Gasteiger partial charge in [0.15, 0.2) is 5.82 Å². The van der Waals surface area contributed by atoms with Crippen molar-refractivity contribution in [3.63, 3.8) is 0 Å². The molecule has 2 aliphatic carbocycles. The molecule has 0 fully saturated rings. The van der Waals surface area contributed by atoms with Crippen LogP contribution < -0.4 is 0 Å². The molecule has 2 atom stereocenters. The zero-order chi connectivity index (χ0) is 28.8. The van der Waals surface area contributed by atoms with Crippen LogP contribution in [0.1, 0.15) is 36.1 Å². The lowest BCUT2D eigenvalue weighted by molar-refractivity contribution is 0.619. The highest BCUT2D eigenvalue weighted by Gasteiger charge is 2.21. The minimum absolute atomic E-state index is 0.214. The molecule has 0 N–H and O–H groups in total. The molecule has 2 heteroatoms. The minimum Gasteiger partial charge on any atom is -0.232 e. The second kappa shape index (κ2) is 10.6. The Morgan fingerprint density at radius 2 is 1.37 bits per heavy atom. The summed E-state index contributed by atoms with van der Waals surface area (Å²) in [6.07, 6.45) is 15.6. The van der Waals surface area contributed by atoms with Crippen molar-refractivity contribution < 1.29 is 0 Å². The zero-order valence-corrected chi connectivity index (χ0v) is 24.2. The third-order valence-corrected chi connectivity index (χ3v) is 9.04. The maximum absolute atomic E-state index is 5.17. The van der Waals surface area contributed by atoms with E-state index in [-0.39, 0.29) is 5.92 Å². The van der Waals surface area contributed by atoms with Crippen LogP contribution in [-0.4, -0.2) is 9.97 Å². The minimum atomic E-state index is 0.214. The zero-order valence-electron chi connectivity index (χ0n) is 24.2. The molecule has 0 aliphatic heterocycles. The van der Waals surface area contributed by atoms with Gasteiger partial charge in [0.25, 0.3) is 0 Å². The summed E-state index contributed by atoms with van der Waals surface area (Å²) in [6.45, 7) is 2.26. The fourth-order valence-electron chi connectivity index (χ4n) is 6.81. The standard InChI is InChI=1S/C41H32N2/c1-27-12-5-6-17-32(27)40-26-39(28-13-3-2-4-14-28)42-41(43-40)31-16-11-15-29(24-31)30-22-23-37-35-20-8-7-18-33(35)34-19-9-10-21-36(34)38(37)25-30/h2-6,8-17,19-27,32H,7,18H2,1H3. The average Bonchev–Trinajstić information content (AvgIpc) is 3.08. The SMILES string of the molecule is CC1C=CC=CC1c1cc(-c2ccccc2)nc(-c2cccc(-c3ccc4c5c(c6ccccc6c4c3)CCC=C5)c2)n1. The van der Waals surface area contributed by atoms with Gasteiger partial charge < -0.3 is 0 Å². The topological polar surface area (TPSA) is 25.8 Å². The van der Waals surface area contributed by atoms with E-state index in [9.17, 15) is 0 Å². The summed E-state index contributed by atoms with van der Waals surface area (Å²) in [6, 6.07) is 37.1. The Morgan fingerprint density at radius 3 is 2.26 bits per heavy atom. The fourth-order valence-corrected chi connectivity index (χ4v) is 6.81. The number of aromatic nitrogens is 2. The van der Waals surface area contributed by atoms with E-state index in [0.717, 1.165) is 41.2 Å². The summed E-state index contributed by atoms with van der Waals surface area (Å²) in [7, 11) is 0. The van der Waals surface area contributed by atoms with Crippen molar-refractivity contribution in [2.45, 2.75) is 25.7 Å². The van der Waals surface area contributed by atoms with Gasteiger partial charge >= 0.3 is 0 Å². The van der Waals surface area contributed by atoms with E-state index in [1.54, 1.807) is 0 Å². The van der Waals surface area contributed by atoms with Gasteiger partial charge in [-0.2, -0.15) is 0 Å². The third-order valence-electron chi connectivity index (χ3n) is 9.04. The van der Waals surface area contributed by atoms with Crippen molar-refractivity contribution >= 4 is 27.6 Å². The predicted molar refractivity (Wildman–Crippen MR) is 181 cm³/mol. The lowest BCUT2D eigenvalue weighted by Crippen LogP contribution is -2.11. The first-order valence-electron chi connectivity index (χ1n) is 15.3. The molecule has 0 radical (unpaired) electrons. The first-order valence-corrected chi connectivity index (χ1v) is 15.3. The molecule has 8 rings (SSSR count). The highest BCUT2D eigenvalue weighted by molar-refractivity contribution is 6.14. The number of aryl methyl sites for hydroxylation is 1. The van der Waals surface area contributed by atoms with Crippen LogP contribution in [0.15, 0.2) is 134 Å². The summed E-state index contributed by atoms with van der Waals surface area (Å²) in [5.41, 5.74) is 9.36. The van der Waals surface area contributed by atoms with Gasteiger partial charge in [-0.25, -0.2) is 9.97 Å². The molecular formula is C41H32N2. The largest absolute Gasteiger partial charge is 0.232 e. The molecule has 0 bridgehead atoms. The fraction of sp³-hybridized carbons (Fsp3) is 0.122. The third kappa shape index (κ3) is 4.60. The van der Waals surface area contributed by atoms with Gasteiger partial charge in [0.05, 0.1) is 11.4 Å². The molecule has 1 heterocycles. The molecule has 1 aromatic heterocycles. The Hall–Kier alpha value is -5.08. The maximum atomic E-state index is 5.17. The van der Waals surface area contributed by atoms with Crippen LogP contribution in [0.5, 0.6) is 0 Å². The van der Waals surface area contributed by atoms with Crippen molar-refractivity contribution in [3.8, 4) is 33.8 Å². The number of hydrogen-bond acceptors (Lipinski definition) is 2. The highest BCUT2D eigenvalue weighted by Crippen LogP contribution is 2.39. The van der Waals surface area contributed by atoms with Crippen LogP contribution in [0.3, 0.4) is 0 Å². The van der Waals surface area contributed by atoms with Gasteiger partial charge in [-0.1, -0.05) is 128 Å². The van der Waals surface area contributed by atoms with E-state index in [4.69, 9.17) is 9.97 Å². The summed E-state index contributed by atoms with van der Waals surface area (Å²) >= 11 is 0. The highest BCUT2D eigenvalue weighted by atomic mass is 14.9. The molecule has 6 aromatic rings. The Bertz CT molecular complexity index is 2100. The Labute approximate surface area is 252 Å². The van der Waals surface area contributed by atoms with Crippen LogP contribution in [0.2, 0.25) is 0 Å². The van der Waals surface area contributed by atoms with Gasteiger partial charge in [-0.05, 0) is 80.8 Å². The van der Waals surface area contributed by atoms with E-state index in [1.165, 1.54) is 43.8 Å². The number of rotatable bonds is 4. The number of allylic oxidation sites excluding steroid dienone is 5. The number of benzene rings is 5. The lowest BCUT2D eigenvalue weighted by Gasteiger charge is -2.21. The summed E-state index contributed by atoms with van der Waals surface area (Å²) in [5, 5.41) is 5.34. The second-order valence-corrected chi connectivity index (χ2v) is 11.7. The Kier molecular flexibility index (Phi) is 6.34. The van der Waals surface area contributed by atoms with Gasteiger partial charge in [0.1, 0.15) is 0 Å². The molecule has 0 saturated heterocycles. The van der Waals surface area contributed by atoms with Crippen molar-refractivity contribution in [1.82, 2.24) is 9.97 Å². The molecule has 2 unspecified atom stereocenters. The van der Waals surface area contributed by atoms with Crippen LogP contribution in [0, 0.1) is 5.92 Å². The van der Waals surface area contributed by atoms with E-state index in [0.29, 0.717) is 5.92 Å². The van der Waals surface area contributed by atoms with Gasteiger partial charge in [-0.15, -0.1) is 0 Å². The molecule has 0 amide bonds. The lowest BCUT2D eigenvalue weighted by atomic mass is 9.86. The van der Waals surface area contributed by atoms with Crippen molar-refractivity contribution in [2.24, 2.45) is 5.92 Å². The van der Waals surface area contributed by atoms with Gasteiger partial charge in [0.2, 0.25) is 0 Å². The van der Waals surface area contributed by atoms with Crippen LogP contribution in [0.4, 0.5) is 0 Å². The predicted octanol–water partition coefficient (Wildman–Crippen LogP) is 10.6. The van der Waals surface area contributed by atoms with Crippen molar-refractivity contribution in [1.29, 1.82) is 0 Å². The molecule has 0 saturated carbocycles. The van der Waals surface area contributed by atoms with E-state index in [2.05, 4.69) is 140 Å². The summed E-state index contributed by atoms with van der Waals surface area (Å²) < 4.78 is 0. The second-order valence-electron chi connectivity index (χ2n) is 11.7. The Balaban J connectivity index is 1.27. The molecule has 2 nitrogen and oxygen atoms in total. The van der Waals surface area contributed by atoms with Crippen molar-refractivity contribution in [3.05, 3.63) is 150 Å². The number of nitrogens with zero attached hydrogens (tertiary/aromatic N) is 2. The first kappa shape index (κ1) is 25.6. The maximum Gasteiger partial charge on any atom is 0.160 e. The molecule has 2 aliphatic rings. The summed E-state index contributed by atoms with van der Waals surface area (Å²) in [4.78, 5) is 10.3. The molecular weight excluding hydrogens is 520 g/mol.